The molecule has 0 N–H and O–H groups in total. The highest BCUT2D eigenvalue weighted by atomic mass is 32.2. The molecule has 1 aromatic rings. The molecule has 2 heterocycles. The van der Waals surface area contributed by atoms with Crippen LogP contribution in [0.25, 0.3) is 0 Å². The fourth-order valence-corrected chi connectivity index (χ4v) is 2.52. The molecule has 0 aliphatic carbocycles. The number of nitrogens with zero attached hydrogens (tertiary/aromatic N) is 4. The first-order valence-electron chi connectivity index (χ1n) is 6.62. The third kappa shape index (κ3) is 3.62. The van der Waals surface area contributed by atoms with Gasteiger partial charge in [0.25, 0.3) is 5.95 Å². The van der Waals surface area contributed by atoms with Gasteiger partial charge in [-0.25, -0.2) is 0 Å². The molecule has 1 aromatic heterocycles. The summed E-state index contributed by atoms with van der Waals surface area (Å²) in [6, 6.07) is 0. The largest absolute Gasteiger partial charge is 0.337 e. The number of piperazine rings is 1. The van der Waals surface area contributed by atoms with Crippen molar-refractivity contribution in [1.29, 1.82) is 0 Å². The zero-order valence-corrected chi connectivity index (χ0v) is 12.1. The van der Waals surface area contributed by atoms with E-state index < -0.39 is 0 Å². The van der Waals surface area contributed by atoms with Gasteiger partial charge in [-0.1, -0.05) is 6.92 Å². The summed E-state index contributed by atoms with van der Waals surface area (Å²) in [5.74, 6) is 2.74. The number of hydrogen-bond donors (Lipinski definition) is 0. The molecule has 1 aliphatic heterocycles. The van der Waals surface area contributed by atoms with Gasteiger partial charge >= 0.3 is 0 Å². The molecule has 1 saturated heterocycles. The van der Waals surface area contributed by atoms with Crippen molar-refractivity contribution >= 4 is 17.7 Å². The Morgan fingerprint density at radius 1 is 1.28 bits per heavy atom. The van der Waals surface area contributed by atoms with Crippen molar-refractivity contribution in [1.82, 2.24) is 15.0 Å². The highest BCUT2D eigenvalue weighted by molar-refractivity contribution is 7.98. The van der Waals surface area contributed by atoms with Gasteiger partial charge in [-0.05, 0) is 17.8 Å². The number of rotatable bonds is 6. The van der Waals surface area contributed by atoms with Crippen LogP contribution >= 0.6 is 11.8 Å². The maximum absolute atomic E-state index is 5.23. The molecule has 5 nitrogen and oxygen atoms in total. The van der Waals surface area contributed by atoms with E-state index in [0.29, 0.717) is 0 Å². The fourth-order valence-electron chi connectivity index (χ4n) is 2.08. The average molecular weight is 270 g/mol. The summed E-state index contributed by atoms with van der Waals surface area (Å²) in [6.07, 6.45) is 4.08. The van der Waals surface area contributed by atoms with Crippen LogP contribution in [0.4, 0.5) is 5.95 Å². The first-order chi connectivity index (χ1) is 8.83. The van der Waals surface area contributed by atoms with Crippen LogP contribution in [0.2, 0.25) is 0 Å². The van der Waals surface area contributed by atoms with Crippen LogP contribution in [0, 0.1) is 0 Å². The third-order valence-electron chi connectivity index (χ3n) is 3.19. The summed E-state index contributed by atoms with van der Waals surface area (Å²) < 4.78 is 5.23. The fraction of sp³-hybridized carbons (Fsp3) is 0.833. The van der Waals surface area contributed by atoms with Crippen LogP contribution in [0.15, 0.2) is 4.52 Å². The van der Waals surface area contributed by atoms with Gasteiger partial charge < -0.3 is 9.42 Å². The number of aryl methyl sites for hydroxylation is 1. The third-order valence-corrected chi connectivity index (χ3v) is 3.78. The Morgan fingerprint density at radius 2 is 2.06 bits per heavy atom. The number of anilines is 1. The summed E-state index contributed by atoms with van der Waals surface area (Å²) in [5.41, 5.74) is 0. The van der Waals surface area contributed by atoms with E-state index in [1.165, 1.54) is 12.3 Å². The number of aromatic nitrogens is 2. The molecule has 18 heavy (non-hydrogen) atoms. The Labute approximate surface area is 113 Å². The van der Waals surface area contributed by atoms with Crippen LogP contribution < -0.4 is 4.90 Å². The van der Waals surface area contributed by atoms with E-state index in [-0.39, 0.29) is 0 Å². The summed E-state index contributed by atoms with van der Waals surface area (Å²) >= 11 is 1.91. The molecule has 0 unspecified atom stereocenters. The summed E-state index contributed by atoms with van der Waals surface area (Å²) in [7, 11) is 0. The first kappa shape index (κ1) is 13.7. The van der Waals surface area contributed by atoms with Crippen molar-refractivity contribution < 1.29 is 4.52 Å². The van der Waals surface area contributed by atoms with Gasteiger partial charge in [-0.2, -0.15) is 16.7 Å². The predicted molar refractivity (Wildman–Crippen MR) is 75.3 cm³/mol. The Balaban J connectivity index is 1.81. The van der Waals surface area contributed by atoms with Crippen molar-refractivity contribution in [2.75, 3.05) is 49.6 Å². The molecule has 0 radical (unpaired) electrons. The van der Waals surface area contributed by atoms with Crippen LogP contribution in [-0.4, -0.2) is 59.8 Å². The van der Waals surface area contributed by atoms with Crippen LogP contribution in [-0.2, 0) is 6.42 Å². The second kappa shape index (κ2) is 6.99. The minimum atomic E-state index is 0.761. The zero-order valence-electron chi connectivity index (χ0n) is 11.3. The highest BCUT2D eigenvalue weighted by Crippen LogP contribution is 2.13. The molecule has 6 heteroatoms. The molecule has 0 spiro atoms. The lowest BCUT2D eigenvalue weighted by molar-refractivity contribution is 0.271. The molecule has 1 aliphatic rings. The topological polar surface area (TPSA) is 45.4 Å². The van der Waals surface area contributed by atoms with Crippen LogP contribution in [0.3, 0.4) is 0 Å². The van der Waals surface area contributed by atoms with E-state index in [4.69, 9.17) is 4.52 Å². The van der Waals surface area contributed by atoms with Gasteiger partial charge in [0.15, 0.2) is 0 Å². The molecule has 0 amide bonds. The summed E-state index contributed by atoms with van der Waals surface area (Å²) in [6.45, 7) is 7.49. The van der Waals surface area contributed by atoms with E-state index in [1.807, 2.05) is 11.8 Å². The normalized spacial score (nSPS) is 17.3. The summed E-state index contributed by atoms with van der Waals surface area (Å²) in [4.78, 5) is 9.16. The van der Waals surface area contributed by atoms with E-state index in [9.17, 15) is 0 Å². The number of thioether (sulfide) groups is 1. The van der Waals surface area contributed by atoms with Gasteiger partial charge in [0.2, 0.25) is 5.89 Å². The Morgan fingerprint density at radius 3 is 2.72 bits per heavy atom. The van der Waals surface area contributed by atoms with E-state index in [1.54, 1.807) is 0 Å². The summed E-state index contributed by atoms with van der Waals surface area (Å²) in [5, 5.41) is 4.06. The van der Waals surface area contributed by atoms with Gasteiger partial charge in [-0.3, -0.25) is 4.90 Å². The minimum absolute atomic E-state index is 0.761. The average Bonchev–Trinajstić information content (AvgIpc) is 2.86. The molecule has 1 fully saturated rings. The highest BCUT2D eigenvalue weighted by Gasteiger charge is 2.20. The van der Waals surface area contributed by atoms with Crippen LogP contribution in [0.5, 0.6) is 0 Å². The molecular weight excluding hydrogens is 248 g/mol. The van der Waals surface area contributed by atoms with E-state index in [2.05, 4.69) is 33.1 Å². The van der Waals surface area contributed by atoms with E-state index >= 15 is 0 Å². The van der Waals surface area contributed by atoms with E-state index in [0.717, 1.165) is 50.9 Å². The van der Waals surface area contributed by atoms with Crippen LogP contribution in [0.1, 0.15) is 19.2 Å². The monoisotopic (exact) mass is 270 g/mol. The second-order valence-electron chi connectivity index (χ2n) is 4.56. The molecule has 0 aromatic carbocycles. The van der Waals surface area contributed by atoms with Crippen molar-refractivity contribution in [3.63, 3.8) is 0 Å². The van der Waals surface area contributed by atoms with Gasteiger partial charge in [0.05, 0.1) is 0 Å². The van der Waals surface area contributed by atoms with Gasteiger partial charge in [0.1, 0.15) is 0 Å². The maximum Gasteiger partial charge on any atom is 0.266 e. The molecule has 102 valence electrons. The van der Waals surface area contributed by atoms with Gasteiger partial charge in [-0.15, -0.1) is 0 Å². The standard InChI is InChI=1S/C12H22N4OS/c1-3-4-11-13-12(14-17-11)16-7-5-15(6-8-16)9-10-18-2/h3-10H2,1-2H3. The molecule has 0 atom stereocenters. The van der Waals surface area contributed by atoms with Crippen molar-refractivity contribution in [2.24, 2.45) is 0 Å². The quantitative estimate of drug-likeness (QED) is 0.781. The molecule has 0 bridgehead atoms. The van der Waals surface area contributed by atoms with Crippen molar-refractivity contribution in [2.45, 2.75) is 19.8 Å². The van der Waals surface area contributed by atoms with Crippen molar-refractivity contribution in [3.05, 3.63) is 5.89 Å². The Bertz CT molecular complexity index is 350. The lowest BCUT2D eigenvalue weighted by Gasteiger charge is -2.33. The first-order valence-corrected chi connectivity index (χ1v) is 8.01. The lowest BCUT2D eigenvalue weighted by atomic mass is 10.3. The number of hydrogen-bond acceptors (Lipinski definition) is 6. The smallest absolute Gasteiger partial charge is 0.266 e. The molecule has 2 rings (SSSR count). The second-order valence-corrected chi connectivity index (χ2v) is 5.55. The maximum atomic E-state index is 5.23. The predicted octanol–water partition coefficient (Wildman–Crippen LogP) is 1.51. The Hall–Kier alpha value is -0.750. The SMILES string of the molecule is CCCc1nc(N2CCN(CCSC)CC2)no1. The van der Waals surface area contributed by atoms with Crippen molar-refractivity contribution in [3.8, 4) is 0 Å². The minimum Gasteiger partial charge on any atom is -0.337 e. The van der Waals surface area contributed by atoms with Gasteiger partial charge in [0, 0.05) is 44.9 Å². The molecular formula is C12H22N4OS. The lowest BCUT2D eigenvalue weighted by Crippen LogP contribution is -2.47. The molecule has 0 saturated carbocycles. The Kier molecular flexibility index (Phi) is 5.31. The zero-order chi connectivity index (χ0) is 12.8.